The summed E-state index contributed by atoms with van der Waals surface area (Å²) in [5.41, 5.74) is 5.24. The van der Waals surface area contributed by atoms with Gasteiger partial charge in [-0.25, -0.2) is 0 Å². The maximum Gasteiger partial charge on any atom is 0.0445 e. The van der Waals surface area contributed by atoms with Crippen molar-refractivity contribution in [1.29, 1.82) is 0 Å². The van der Waals surface area contributed by atoms with Crippen molar-refractivity contribution in [3.63, 3.8) is 0 Å². The van der Waals surface area contributed by atoms with Gasteiger partial charge in [-0.2, -0.15) is 0 Å². The molecule has 0 aromatic heterocycles. The summed E-state index contributed by atoms with van der Waals surface area (Å²) in [5.74, 6) is 0. The van der Waals surface area contributed by atoms with Gasteiger partial charge in [0, 0.05) is 12.6 Å². The minimum Gasteiger partial charge on any atom is -0.412 e. The molecule has 0 fully saturated rings. The molecule has 0 bridgehead atoms. The van der Waals surface area contributed by atoms with E-state index in [0.29, 0.717) is 6.42 Å². The van der Waals surface area contributed by atoms with E-state index in [4.69, 9.17) is 10.8 Å². The van der Waals surface area contributed by atoms with Crippen LogP contribution in [0.4, 0.5) is 0 Å². The van der Waals surface area contributed by atoms with Crippen molar-refractivity contribution in [3.05, 3.63) is 0 Å². The number of aliphatic hydroxyl groups excluding tert-OH is 1. The van der Waals surface area contributed by atoms with Crippen LogP contribution in [-0.4, -0.2) is 23.2 Å². The Morgan fingerprint density at radius 2 is 2.14 bits per heavy atom. The topological polar surface area (TPSA) is 77.8 Å². The highest BCUT2D eigenvalue weighted by molar-refractivity contribution is 4.48. The van der Waals surface area contributed by atoms with Crippen molar-refractivity contribution in [2.75, 3.05) is 6.61 Å². The van der Waals surface area contributed by atoms with Crippen LogP contribution < -0.4 is 5.73 Å². The molecule has 3 nitrogen and oxygen atoms in total. The first-order chi connectivity index (χ1) is 2.77. The second-order valence-corrected chi connectivity index (χ2v) is 1.49. The standard InChI is InChI=1S/C4H11NO.H2O/c1-4(5)2-3-6;/h4,6H,2-3,5H2,1H3;1H2/t4-;/m1./s1. The molecule has 0 rings (SSSR count). The van der Waals surface area contributed by atoms with E-state index in [1.807, 2.05) is 6.92 Å². The smallest absolute Gasteiger partial charge is 0.0445 e. The number of aliphatic hydroxyl groups is 1. The minimum absolute atomic E-state index is 0. The third-order valence-corrected chi connectivity index (χ3v) is 0.584. The first-order valence-electron chi connectivity index (χ1n) is 2.14. The lowest BCUT2D eigenvalue weighted by molar-refractivity contribution is 0.279. The number of hydrogen-bond acceptors (Lipinski definition) is 2. The highest BCUT2D eigenvalue weighted by Crippen LogP contribution is 1.79. The van der Waals surface area contributed by atoms with Gasteiger partial charge in [-0.15, -0.1) is 0 Å². The number of nitrogens with two attached hydrogens (primary N) is 1. The predicted octanol–water partition coefficient (Wildman–Crippen LogP) is -1.11. The maximum atomic E-state index is 8.16. The molecule has 0 aliphatic heterocycles. The van der Waals surface area contributed by atoms with Gasteiger partial charge in [-0.1, -0.05) is 0 Å². The van der Waals surface area contributed by atoms with Crippen LogP contribution in [0.1, 0.15) is 13.3 Å². The molecule has 0 aliphatic carbocycles. The lowest BCUT2D eigenvalue weighted by Gasteiger charge is -1.96. The van der Waals surface area contributed by atoms with Crippen LogP contribution in [0.25, 0.3) is 0 Å². The summed E-state index contributed by atoms with van der Waals surface area (Å²) < 4.78 is 0. The molecule has 0 aliphatic rings. The molecule has 7 heavy (non-hydrogen) atoms. The van der Waals surface area contributed by atoms with Crippen molar-refractivity contribution in [2.45, 2.75) is 19.4 Å². The van der Waals surface area contributed by atoms with E-state index in [1.165, 1.54) is 0 Å². The quantitative estimate of drug-likeness (QED) is 0.469. The van der Waals surface area contributed by atoms with E-state index < -0.39 is 0 Å². The summed E-state index contributed by atoms with van der Waals surface area (Å²) in [4.78, 5) is 0. The second-order valence-electron chi connectivity index (χ2n) is 1.49. The van der Waals surface area contributed by atoms with E-state index in [0.717, 1.165) is 0 Å². The Labute approximate surface area is 43.4 Å². The van der Waals surface area contributed by atoms with Gasteiger partial charge in [-0.05, 0) is 13.3 Å². The van der Waals surface area contributed by atoms with Crippen LogP contribution in [-0.2, 0) is 0 Å². The third kappa shape index (κ3) is 10.7. The van der Waals surface area contributed by atoms with Gasteiger partial charge < -0.3 is 16.3 Å². The van der Waals surface area contributed by atoms with Crippen molar-refractivity contribution in [3.8, 4) is 0 Å². The summed E-state index contributed by atoms with van der Waals surface area (Å²) in [7, 11) is 0. The first kappa shape index (κ1) is 9.99. The molecular formula is C4H13NO2. The maximum absolute atomic E-state index is 8.16. The fraction of sp³-hybridized carbons (Fsp3) is 1.00. The fourth-order valence-corrected chi connectivity index (χ4v) is 0.204. The van der Waals surface area contributed by atoms with Crippen LogP contribution in [0.2, 0.25) is 0 Å². The third-order valence-electron chi connectivity index (χ3n) is 0.584. The summed E-state index contributed by atoms with van der Waals surface area (Å²) in [6.45, 7) is 2.08. The van der Waals surface area contributed by atoms with Gasteiger partial charge in [-0.3, -0.25) is 0 Å². The Morgan fingerprint density at radius 1 is 1.71 bits per heavy atom. The van der Waals surface area contributed by atoms with Crippen molar-refractivity contribution < 1.29 is 10.6 Å². The highest BCUT2D eigenvalue weighted by atomic mass is 16.3. The second kappa shape index (κ2) is 5.88. The molecule has 0 aromatic rings. The molecule has 0 aromatic carbocycles. The Balaban J connectivity index is 0. The lowest BCUT2D eigenvalue weighted by Crippen LogP contribution is -2.15. The molecule has 0 spiro atoms. The Hall–Kier alpha value is -0.120. The summed E-state index contributed by atoms with van der Waals surface area (Å²) in [6.07, 6.45) is 0.708. The predicted molar refractivity (Wildman–Crippen MR) is 29.0 cm³/mol. The van der Waals surface area contributed by atoms with E-state index in [-0.39, 0.29) is 18.1 Å². The van der Waals surface area contributed by atoms with Crippen LogP contribution in [0.5, 0.6) is 0 Å². The van der Waals surface area contributed by atoms with Gasteiger partial charge in [0.15, 0.2) is 0 Å². The van der Waals surface area contributed by atoms with E-state index in [1.54, 1.807) is 0 Å². The zero-order valence-electron chi connectivity index (χ0n) is 4.52. The first-order valence-corrected chi connectivity index (χ1v) is 2.14. The van der Waals surface area contributed by atoms with Gasteiger partial charge in [0.25, 0.3) is 0 Å². The Morgan fingerprint density at radius 3 is 2.14 bits per heavy atom. The van der Waals surface area contributed by atoms with E-state index in [9.17, 15) is 0 Å². The lowest BCUT2D eigenvalue weighted by atomic mass is 10.3. The summed E-state index contributed by atoms with van der Waals surface area (Å²) >= 11 is 0. The molecule has 5 N–H and O–H groups in total. The molecule has 0 amide bonds. The molecule has 0 unspecified atom stereocenters. The summed E-state index contributed by atoms with van der Waals surface area (Å²) in [5, 5.41) is 8.16. The van der Waals surface area contributed by atoms with Crippen molar-refractivity contribution in [2.24, 2.45) is 5.73 Å². The zero-order valence-corrected chi connectivity index (χ0v) is 4.52. The van der Waals surface area contributed by atoms with Crippen LogP contribution in [0, 0.1) is 0 Å². The highest BCUT2D eigenvalue weighted by Gasteiger charge is 1.86. The van der Waals surface area contributed by atoms with E-state index in [2.05, 4.69) is 0 Å². The number of hydrogen-bond donors (Lipinski definition) is 2. The monoisotopic (exact) mass is 107 g/mol. The normalized spacial score (nSPS) is 12.4. The van der Waals surface area contributed by atoms with Crippen LogP contribution in [0.15, 0.2) is 0 Å². The van der Waals surface area contributed by atoms with Gasteiger partial charge in [0.2, 0.25) is 0 Å². The number of rotatable bonds is 2. The molecule has 3 heteroatoms. The molecule has 0 radical (unpaired) electrons. The SMILES string of the molecule is C[C@@H](N)CCO.O. The Kier molecular flexibility index (Phi) is 8.39. The Bertz CT molecular complexity index is 30.9. The summed E-state index contributed by atoms with van der Waals surface area (Å²) in [6, 6.07) is 0.148. The molecule has 46 valence electrons. The van der Waals surface area contributed by atoms with Gasteiger partial charge in [0.1, 0.15) is 0 Å². The molecule has 1 atom stereocenters. The zero-order chi connectivity index (χ0) is 4.99. The largest absolute Gasteiger partial charge is 0.412 e. The van der Waals surface area contributed by atoms with Gasteiger partial charge in [0.05, 0.1) is 0 Å². The average Bonchev–Trinajstić information content (AvgIpc) is 1.35. The van der Waals surface area contributed by atoms with Gasteiger partial charge >= 0.3 is 0 Å². The van der Waals surface area contributed by atoms with Crippen molar-refractivity contribution in [1.82, 2.24) is 0 Å². The average molecular weight is 107 g/mol. The van der Waals surface area contributed by atoms with Crippen molar-refractivity contribution >= 4 is 0 Å². The molecule has 0 saturated carbocycles. The van der Waals surface area contributed by atoms with Crippen LogP contribution in [0.3, 0.4) is 0 Å². The minimum atomic E-state index is 0. The van der Waals surface area contributed by atoms with E-state index >= 15 is 0 Å². The molecule has 0 saturated heterocycles. The fourth-order valence-electron chi connectivity index (χ4n) is 0.204. The van der Waals surface area contributed by atoms with Crippen LogP contribution >= 0.6 is 0 Å². The molecule has 0 heterocycles. The molecular weight excluding hydrogens is 94.0 g/mol.